The van der Waals surface area contributed by atoms with Crippen molar-refractivity contribution in [1.29, 1.82) is 0 Å². The summed E-state index contributed by atoms with van der Waals surface area (Å²) in [7, 11) is -1.13. The van der Waals surface area contributed by atoms with Crippen molar-refractivity contribution in [2.75, 3.05) is 6.61 Å². The SMILES string of the molecule is C[Si](C)(C)CCOCn1c(-c2ccc(CO)cc2)cc2c(Cl)ncnc21. The van der Waals surface area contributed by atoms with Crippen LogP contribution in [-0.2, 0) is 18.1 Å². The van der Waals surface area contributed by atoms with Gasteiger partial charge in [0, 0.05) is 14.7 Å². The van der Waals surface area contributed by atoms with E-state index in [0.29, 0.717) is 11.9 Å². The minimum absolute atomic E-state index is 0.0281. The third-order valence-electron chi connectivity index (χ3n) is 4.29. The van der Waals surface area contributed by atoms with E-state index in [4.69, 9.17) is 16.3 Å². The van der Waals surface area contributed by atoms with Crippen LogP contribution in [0.15, 0.2) is 36.7 Å². The van der Waals surface area contributed by atoms with Crippen LogP contribution in [0.5, 0.6) is 0 Å². The first-order valence-corrected chi connectivity index (χ1v) is 12.8. The van der Waals surface area contributed by atoms with Crippen molar-refractivity contribution in [3.8, 4) is 11.3 Å². The van der Waals surface area contributed by atoms with Gasteiger partial charge in [-0.3, -0.25) is 0 Å². The molecule has 26 heavy (non-hydrogen) atoms. The molecule has 2 aromatic heterocycles. The zero-order valence-corrected chi connectivity index (χ0v) is 17.1. The molecule has 7 heteroatoms. The van der Waals surface area contributed by atoms with E-state index in [1.165, 1.54) is 6.33 Å². The number of hydrogen-bond acceptors (Lipinski definition) is 4. The Balaban J connectivity index is 1.94. The molecule has 5 nitrogen and oxygen atoms in total. The molecule has 138 valence electrons. The van der Waals surface area contributed by atoms with Crippen molar-refractivity contribution in [2.24, 2.45) is 0 Å². The third-order valence-corrected chi connectivity index (χ3v) is 6.30. The number of ether oxygens (including phenoxy) is 1. The fourth-order valence-corrected chi connectivity index (χ4v) is 3.66. The summed E-state index contributed by atoms with van der Waals surface area (Å²) in [5.74, 6) is 0. The van der Waals surface area contributed by atoms with Crippen molar-refractivity contribution >= 4 is 30.7 Å². The number of aliphatic hydroxyl groups is 1. The van der Waals surface area contributed by atoms with Crippen LogP contribution >= 0.6 is 11.6 Å². The van der Waals surface area contributed by atoms with Gasteiger partial charge in [-0.25, -0.2) is 9.97 Å². The lowest BCUT2D eigenvalue weighted by Crippen LogP contribution is -2.22. The van der Waals surface area contributed by atoms with E-state index in [1.54, 1.807) is 0 Å². The van der Waals surface area contributed by atoms with Gasteiger partial charge in [0.05, 0.1) is 17.7 Å². The predicted octanol–water partition coefficient (Wildman–Crippen LogP) is 4.56. The molecule has 0 spiro atoms. The van der Waals surface area contributed by atoms with Crippen LogP contribution in [0.25, 0.3) is 22.3 Å². The van der Waals surface area contributed by atoms with Gasteiger partial charge >= 0.3 is 0 Å². The second-order valence-corrected chi connectivity index (χ2v) is 13.5. The summed E-state index contributed by atoms with van der Waals surface area (Å²) in [6.07, 6.45) is 1.47. The lowest BCUT2D eigenvalue weighted by Gasteiger charge is -2.16. The number of nitrogens with zero attached hydrogens (tertiary/aromatic N) is 3. The minimum Gasteiger partial charge on any atom is -0.392 e. The average Bonchev–Trinajstić information content (AvgIpc) is 2.98. The molecule has 0 unspecified atom stereocenters. The maximum atomic E-state index is 9.26. The summed E-state index contributed by atoms with van der Waals surface area (Å²) in [5, 5.41) is 10.5. The minimum atomic E-state index is -1.13. The first kappa shape index (κ1) is 19.0. The topological polar surface area (TPSA) is 60.2 Å². The lowest BCUT2D eigenvalue weighted by atomic mass is 10.1. The Kier molecular flexibility index (Phi) is 5.77. The number of benzene rings is 1. The summed E-state index contributed by atoms with van der Waals surface area (Å²) in [4.78, 5) is 8.49. The molecule has 0 saturated carbocycles. The van der Waals surface area contributed by atoms with E-state index < -0.39 is 8.07 Å². The number of halogens is 1. The Morgan fingerprint density at radius 3 is 2.54 bits per heavy atom. The molecule has 0 radical (unpaired) electrons. The summed E-state index contributed by atoms with van der Waals surface area (Å²) >= 11 is 6.27. The molecule has 1 aromatic carbocycles. The van der Waals surface area contributed by atoms with Gasteiger partial charge in [-0.05, 0) is 23.2 Å². The number of aliphatic hydroxyl groups excluding tert-OH is 1. The maximum absolute atomic E-state index is 9.26. The van der Waals surface area contributed by atoms with Crippen molar-refractivity contribution in [3.63, 3.8) is 0 Å². The van der Waals surface area contributed by atoms with Gasteiger partial charge < -0.3 is 14.4 Å². The Morgan fingerprint density at radius 2 is 1.88 bits per heavy atom. The highest BCUT2D eigenvalue weighted by molar-refractivity contribution is 6.76. The van der Waals surface area contributed by atoms with E-state index in [0.717, 1.165) is 40.5 Å². The van der Waals surface area contributed by atoms with E-state index in [-0.39, 0.29) is 6.61 Å². The molecular weight excluding hydrogens is 366 g/mol. The average molecular weight is 390 g/mol. The van der Waals surface area contributed by atoms with Crippen LogP contribution in [0.4, 0.5) is 0 Å². The second kappa shape index (κ2) is 7.88. The highest BCUT2D eigenvalue weighted by Crippen LogP contribution is 2.30. The Hall–Kier alpha value is -1.73. The van der Waals surface area contributed by atoms with Gasteiger partial charge in [0.15, 0.2) is 0 Å². The van der Waals surface area contributed by atoms with Crippen molar-refractivity contribution in [1.82, 2.24) is 14.5 Å². The van der Waals surface area contributed by atoms with Gasteiger partial charge in [-0.2, -0.15) is 0 Å². The number of fused-ring (bicyclic) bond motifs is 1. The Morgan fingerprint density at radius 1 is 1.15 bits per heavy atom. The van der Waals surface area contributed by atoms with Crippen LogP contribution in [0.2, 0.25) is 30.8 Å². The molecule has 1 N–H and O–H groups in total. The molecular formula is C19H24ClN3O2Si. The molecule has 0 atom stereocenters. The molecule has 3 rings (SSSR count). The van der Waals surface area contributed by atoms with Crippen LogP contribution in [-0.4, -0.2) is 34.3 Å². The summed E-state index contributed by atoms with van der Waals surface area (Å²) in [6.45, 7) is 8.18. The highest BCUT2D eigenvalue weighted by Gasteiger charge is 2.16. The molecule has 2 heterocycles. The second-order valence-electron chi connectivity index (χ2n) is 7.56. The van der Waals surface area contributed by atoms with Crippen LogP contribution in [0.1, 0.15) is 5.56 Å². The molecule has 0 aliphatic heterocycles. The van der Waals surface area contributed by atoms with E-state index in [1.807, 2.05) is 34.9 Å². The quantitative estimate of drug-likeness (QED) is 0.365. The number of rotatable bonds is 7. The molecule has 0 aliphatic carbocycles. The Labute approximate surface area is 159 Å². The van der Waals surface area contributed by atoms with Crippen molar-refractivity contribution < 1.29 is 9.84 Å². The van der Waals surface area contributed by atoms with Gasteiger partial charge in [-0.1, -0.05) is 55.5 Å². The standard InChI is InChI=1S/C19H24ClN3O2Si/c1-26(2,3)9-8-25-13-23-17(15-6-4-14(11-24)5-7-15)10-16-18(20)21-12-22-19(16)23/h4-7,10,12,24H,8-9,11,13H2,1-3H3. The van der Waals surface area contributed by atoms with E-state index in [9.17, 15) is 5.11 Å². The van der Waals surface area contributed by atoms with Gasteiger partial charge in [0.2, 0.25) is 0 Å². The van der Waals surface area contributed by atoms with Crippen LogP contribution < -0.4 is 0 Å². The van der Waals surface area contributed by atoms with E-state index >= 15 is 0 Å². The molecule has 0 aliphatic rings. The van der Waals surface area contributed by atoms with E-state index in [2.05, 4.69) is 29.6 Å². The lowest BCUT2D eigenvalue weighted by molar-refractivity contribution is 0.0909. The smallest absolute Gasteiger partial charge is 0.147 e. The number of hydrogen-bond donors (Lipinski definition) is 1. The first-order chi connectivity index (χ1) is 12.4. The predicted molar refractivity (Wildman–Crippen MR) is 108 cm³/mol. The number of aromatic nitrogens is 3. The fourth-order valence-electron chi connectivity index (χ4n) is 2.72. The van der Waals surface area contributed by atoms with Crippen LogP contribution in [0.3, 0.4) is 0 Å². The summed E-state index contributed by atoms with van der Waals surface area (Å²) in [5.41, 5.74) is 3.63. The van der Waals surface area contributed by atoms with Gasteiger partial charge in [0.25, 0.3) is 0 Å². The summed E-state index contributed by atoms with van der Waals surface area (Å²) in [6, 6.07) is 10.9. The monoisotopic (exact) mass is 389 g/mol. The largest absolute Gasteiger partial charge is 0.392 e. The highest BCUT2D eigenvalue weighted by atomic mass is 35.5. The maximum Gasteiger partial charge on any atom is 0.147 e. The normalized spacial score (nSPS) is 12.0. The Bertz CT molecular complexity index is 888. The van der Waals surface area contributed by atoms with Crippen molar-refractivity contribution in [2.45, 2.75) is 39.0 Å². The third kappa shape index (κ3) is 4.32. The molecule has 0 bridgehead atoms. The van der Waals surface area contributed by atoms with Crippen LogP contribution in [0, 0.1) is 0 Å². The first-order valence-electron chi connectivity index (χ1n) is 8.67. The van der Waals surface area contributed by atoms with Gasteiger partial charge in [0.1, 0.15) is 23.9 Å². The fraction of sp³-hybridized carbons (Fsp3) is 0.368. The zero-order chi connectivity index (χ0) is 18.7. The van der Waals surface area contributed by atoms with Gasteiger partial charge in [-0.15, -0.1) is 0 Å². The zero-order valence-electron chi connectivity index (χ0n) is 15.4. The molecule has 3 aromatic rings. The molecule has 0 amide bonds. The molecule has 0 saturated heterocycles. The van der Waals surface area contributed by atoms with Crippen molar-refractivity contribution in [3.05, 3.63) is 47.4 Å². The molecule has 0 fully saturated rings. The summed E-state index contributed by atoms with van der Waals surface area (Å²) < 4.78 is 7.99.